The Kier molecular flexibility index (Phi) is 5.16. The van der Waals surface area contributed by atoms with Gasteiger partial charge >= 0.3 is 6.03 Å². The number of amides is 3. The lowest BCUT2D eigenvalue weighted by atomic mass is 9.73. The molecule has 6 heteroatoms. The minimum absolute atomic E-state index is 0.0972. The first kappa shape index (κ1) is 17.6. The van der Waals surface area contributed by atoms with Gasteiger partial charge in [-0.15, -0.1) is 0 Å². The zero-order chi connectivity index (χ0) is 17.9. The molecule has 1 aliphatic heterocycles. The van der Waals surface area contributed by atoms with Crippen LogP contribution in [0.25, 0.3) is 0 Å². The topological polar surface area (TPSA) is 67.9 Å². The van der Waals surface area contributed by atoms with Crippen LogP contribution in [0.4, 0.5) is 4.79 Å². The van der Waals surface area contributed by atoms with Crippen LogP contribution in [0.1, 0.15) is 39.5 Å². The maximum atomic E-state index is 12.8. The number of carbonyl (C=O) groups is 2. The zero-order valence-electron chi connectivity index (χ0n) is 14.9. The number of hydrogen-bond donors (Lipinski definition) is 1. The highest BCUT2D eigenvalue weighted by atomic mass is 16.5. The highest BCUT2D eigenvalue weighted by Crippen LogP contribution is 2.38. The number of carbonyl (C=O) groups excluding carboxylic acids is 2. The van der Waals surface area contributed by atoms with Crippen LogP contribution in [0.5, 0.6) is 11.5 Å². The van der Waals surface area contributed by atoms with Crippen LogP contribution in [-0.4, -0.2) is 42.1 Å². The average Bonchev–Trinajstić information content (AvgIpc) is 2.84. The quantitative estimate of drug-likeness (QED) is 0.804. The van der Waals surface area contributed by atoms with E-state index in [1.54, 1.807) is 0 Å². The van der Waals surface area contributed by atoms with Crippen LogP contribution in [0, 0.1) is 5.92 Å². The molecule has 136 valence electrons. The van der Waals surface area contributed by atoms with Gasteiger partial charge in [-0.1, -0.05) is 19.8 Å². The van der Waals surface area contributed by atoms with Crippen LogP contribution >= 0.6 is 0 Å². The fourth-order valence-corrected chi connectivity index (χ4v) is 3.75. The average molecular weight is 346 g/mol. The van der Waals surface area contributed by atoms with Gasteiger partial charge < -0.3 is 14.8 Å². The van der Waals surface area contributed by atoms with E-state index in [9.17, 15) is 9.59 Å². The Bertz CT molecular complexity index is 631. The van der Waals surface area contributed by atoms with Gasteiger partial charge in [0.15, 0.2) is 0 Å². The number of benzene rings is 1. The molecular formula is C19H26N2O4. The van der Waals surface area contributed by atoms with Crippen LogP contribution in [0.2, 0.25) is 0 Å². The van der Waals surface area contributed by atoms with Crippen molar-refractivity contribution >= 4 is 11.9 Å². The molecule has 3 rings (SSSR count). The Morgan fingerprint density at radius 3 is 2.48 bits per heavy atom. The summed E-state index contributed by atoms with van der Waals surface area (Å²) < 4.78 is 11.1. The molecule has 1 N–H and O–H groups in total. The van der Waals surface area contributed by atoms with Crippen LogP contribution in [-0.2, 0) is 4.79 Å². The molecule has 0 aromatic heterocycles. The number of hydrogen-bond acceptors (Lipinski definition) is 4. The van der Waals surface area contributed by atoms with Crippen molar-refractivity contribution in [2.45, 2.75) is 45.1 Å². The lowest BCUT2D eigenvalue weighted by Gasteiger charge is -2.36. The van der Waals surface area contributed by atoms with E-state index in [0.29, 0.717) is 12.4 Å². The van der Waals surface area contributed by atoms with E-state index in [4.69, 9.17) is 9.47 Å². The van der Waals surface area contributed by atoms with Crippen molar-refractivity contribution in [3.63, 3.8) is 0 Å². The number of nitrogens with zero attached hydrogens (tertiary/aromatic N) is 1. The van der Waals surface area contributed by atoms with E-state index in [1.807, 2.05) is 31.2 Å². The van der Waals surface area contributed by atoms with Crippen molar-refractivity contribution < 1.29 is 19.1 Å². The molecule has 1 aromatic carbocycles. The molecule has 1 saturated carbocycles. The summed E-state index contributed by atoms with van der Waals surface area (Å²) in [4.78, 5) is 26.4. The summed E-state index contributed by atoms with van der Waals surface area (Å²) in [5.41, 5.74) is -0.700. The fraction of sp³-hybridized carbons (Fsp3) is 0.579. The molecule has 2 fully saturated rings. The van der Waals surface area contributed by atoms with Crippen molar-refractivity contribution in [3.8, 4) is 11.5 Å². The van der Waals surface area contributed by atoms with E-state index >= 15 is 0 Å². The van der Waals surface area contributed by atoms with Crippen molar-refractivity contribution in [2.75, 3.05) is 19.8 Å². The van der Waals surface area contributed by atoms with Crippen molar-refractivity contribution in [2.24, 2.45) is 5.92 Å². The van der Waals surface area contributed by atoms with Crippen molar-refractivity contribution in [3.05, 3.63) is 24.3 Å². The van der Waals surface area contributed by atoms with E-state index in [1.165, 1.54) is 4.90 Å². The third-order valence-corrected chi connectivity index (χ3v) is 5.22. The van der Waals surface area contributed by atoms with Gasteiger partial charge in [-0.2, -0.15) is 0 Å². The van der Waals surface area contributed by atoms with Gasteiger partial charge in [-0.25, -0.2) is 4.79 Å². The maximum absolute atomic E-state index is 12.8. The molecule has 0 radical (unpaired) electrons. The first-order valence-electron chi connectivity index (χ1n) is 9.06. The van der Waals surface area contributed by atoms with Crippen molar-refractivity contribution in [1.29, 1.82) is 0 Å². The molecule has 3 amide bonds. The first-order chi connectivity index (χ1) is 12.1. The molecule has 1 saturated heterocycles. The predicted molar refractivity (Wildman–Crippen MR) is 93.7 cm³/mol. The van der Waals surface area contributed by atoms with E-state index in [-0.39, 0.29) is 31.0 Å². The van der Waals surface area contributed by atoms with Gasteiger partial charge in [-0.3, -0.25) is 9.69 Å². The van der Waals surface area contributed by atoms with E-state index in [0.717, 1.165) is 31.4 Å². The smallest absolute Gasteiger partial charge is 0.325 e. The van der Waals surface area contributed by atoms with Gasteiger partial charge in [0, 0.05) is 0 Å². The highest BCUT2D eigenvalue weighted by molar-refractivity contribution is 6.07. The summed E-state index contributed by atoms with van der Waals surface area (Å²) in [5.74, 6) is 1.56. The molecule has 25 heavy (non-hydrogen) atoms. The molecule has 1 aliphatic carbocycles. The maximum Gasteiger partial charge on any atom is 0.325 e. The number of rotatable bonds is 6. The fourth-order valence-electron chi connectivity index (χ4n) is 3.75. The second-order valence-corrected chi connectivity index (χ2v) is 6.76. The first-order valence-corrected chi connectivity index (χ1v) is 9.06. The lowest BCUT2D eigenvalue weighted by molar-refractivity contribution is -0.134. The molecule has 6 nitrogen and oxygen atoms in total. The van der Waals surface area contributed by atoms with Gasteiger partial charge in [0.05, 0.1) is 13.2 Å². The molecule has 2 aliphatic rings. The highest BCUT2D eigenvalue weighted by Gasteiger charge is 2.54. The largest absolute Gasteiger partial charge is 0.494 e. The third-order valence-electron chi connectivity index (χ3n) is 5.22. The minimum Gasteiger partial charge on any atom is -0.494 e. The number of urea groups is 1. The summed E-state index contributed by atoms with van der Waals surface area (Å²) in [5, 5.41) is 2.95. The Hall–Kier alpha value is -2.24. The molecule has 1 aromatic rings. The van der Waals surface area contributed by atoms with Gasteiger partial charge in [0.2, 0.25) is 0 Å². The second kappa shape index (κ2) is 7.33. The molecule has 1 heterocycles. The molecule has 0 bridgehead atoms. The summed E-state index contributed by atoms with van der Waals surface area (Å²) >= 11 is 0. The Balaban J connectivity index is 1.56. The number of nitrogens with one attached hydrogen (secondary N) is 1. The second-order valence-electron chi connectivity index (χ2n) is 6.76. The summed E-state index contributed by atoms with van der Waals surface area (Å²) in [7, 11) is 0. The molecule has 0 unspecified atom stereocenters. The Morgan fingerprint density at radius 1 is 1.16 bits per heavy atom. The summed E-state index contributed by atoms with van der Waals surface area (Å²) in [6.07, 6.45) is 3.80. The summed E-state index contributed by atoms with van der Waals surface area (Å²) in [6, 6.07) is 7.02. The lowest BCUT2D eigenvalue weighted by Crippen LogP contribution is -2.54. The van der Waals surface area contributed by atoms with E-state index < -0.39 is 5.54 Å². The van der Waals surface area contributed by atoms with E-state index in [2.05, 4.69) is 12.2 Å². The van der Waals surface area contributed by atoms with Gasteiger partial charge in [0.25, 0.3) is 5.91 Å². The molecular weight excluding hydrogens is 320 g/mol. The minimum atomic E-state index is -0.700. The normalized spacial score (nSPS) is 26.0. The number of imide groups is 1. The van der Waals surface area contributed by atoms with Crippen LogP contribution < -0.4 is 14.8 Å². The molecule has 2 atom stereocenters. The number of ether oxygens (including phenoxy) is 2. The van der Waals surface area contributed by atoms with Crippen molar-refractivity contribution in [1.82, 2.24) is 10.2 Å². The summed E-state index contributed by atoms with van der Waals surface area (Å²) in [6.45, 7) is 5.14. The van der Waals surface area contributed by atoms with Crippen LogP contribution in [0.3, 0.4) is 0 Å². The SMILES string of the molecule is CCOc1ccc(OCCN2C(=O)N[C@@]3(CCCC[C@H]3C)C2=O)cc1. The predicted octanol–water partition coefficient (Wildman–Crippen LogP) is 2.96. The monoisotopic (exact) mass is 346 g/mol. The van der Waals surface area contributed by atoms with Gasteiger partial charge in [0.1, 0.15) is 23.6 Å². The third kappa shape index (κ3) is 3.43. The zero-order valence-corrected chi connectivity index (χ0v) is 14.9. The Morgan fingerprint density at radius 2 is 1.84 bits per heavy atom. The van der Waals surface area contributed by atoms with Gasteiger partial charge in [-0.05, 0) is 49.9 Å². The van der Waals surface area contributed by atoms with Crippen LogP contribution in [0.15, 0.2) is 24.3 Å². The standard InChI is InChI=1S/C19H26N2O4/c1-3-24-15-7-9-16(10-8-15)25-13-12-21-17(22)19(20-18(21)23)11-5-4-6-14(19)2/h7-10,14H,3-6,11-13H2,1-2H3,(H,20,23)/t14-,19-/m1/s1. The molecule has 1 spiro atoms. The Labute approximate surface area is 148 Å².